The van der Waals surface area contributed by atoms with Crippen molar-refractivity contribution in [2.45, 2.75) is 63.8 Å². The lowest BCUT2D eigenvalue weighted by Gasteiger charge is -2.21. The van der Waals surface area contributed by atoms with Gasteiger partial charge in [0.15, 0.2) is 5.82 Å². The third-order valence-corrected chi connectivity index (χ3v) is 6.11. The SMILES string of the molecule is O=C(CCc1ccccc1)N1CCCC1c1nc(CCOCC2CCCC2)no1. The van der Waals surface area contributed by atoms with Gasteiger partial charge < -0.3 is 14.2 Å². The van der Waals surface area contributed by atoms with Gasteiger partial charge in [0.25, 0.3) is 0 Å². The molecule has 1 saturated heterocycles. The maximum absolute atomic E-state index is 12.8. The lowest BCUT2D eigenvalue weighted by molar-refractivity contribution is -0.132. The number of nitrogens with zero attached hydrogens (tertiary/aromatic N) is 3. The van der Waals surface area contributed by atoms with Gasteiger partial charge in [-0.3, -0.25) is 4.79 Å². The predicted octanol–water partition coefficient (Wildman–Crippen LogP) is 4.12. The van der Waals surface area contributed by atoms with Crippen LogP contribution in [0, 0.1) is 5.92 Å². The normalized spacial score (nSPS) is 19.9. The van der Waals surface area contributed by atoms with Crippen LogP contribution in [-0.2, 0) is 22.4 Å². The third-order valence-electron chi connectivity index (χ3n) is 6.11. The van der Waals surface area contributed by atoms with Crippen molar-refractivity contribution in [1.82, 2.24) is 15.0 Å². The molecule has 29 heavy (non-hydrogen) atoms. The smallest absolute Gasteiger partial charge is 0.249 e. The van der Waals surface area contributed by atoms with E-state index in [4.69, 9.17) is 9.26 Å². The minimum Gasteiger partial charge on any atom is -0.381 e. The second kappa shape index (κ2) is 10.0. The fourth-order valence-electron chi connectivity index (χ4n) is 4.46. The maximum atomic E-state index is 12.8. The number of aromatic nitrogens is 2. The first-order valence-electron chi connectivity index (χ1n) is 11.0. The molecule has 2 heterocycles. The van der Waals surface area contributed by atoms with Crippen LogP contribution in [0.5, 0.6) is 0 Å². The quantitative estimate of drug-likeness (QED) is 0.596. The number of carbonyl (C=O) groups excluding carboxylic acids is 1. The second-order valence-corrected chi connectivity index (χ2v) is 8.25. The minimum atomic E-state index is -0.0843. The summed E-state index contributed by atoms with van der Waals surface area (Å²) in [5.74, 6) is 2.14. The Balaban J connectivity index is 1.25. The third kappa shape index (κ3) is 5.44. The number of hydrogen-bond donors (Lipinski definition) is 0. The molecule has 2 fully saturated rings. The summed E-state index contributed by atoms with van der Waals surface area (Å²) in [5.41, 5.74) is 1.19. The number of rotatable bonds is 9. The molecule has 1 aromatic carbocycles. The number of hydrogen-bond acceptors (Lipinski definition) is 5. The number of amides is 1. The van der Waals surface area contributed by atoms with Crippen LogP contribution >= 0.6 is 0 Å². The van der Waals surface area contributed by atoms with Crippen LogP contribution in [0.4, 0.5) is 0 Å². The van der Waals surface area contributed by atoms with Gasteiger partial charge in [-0.05, 0) is 43.6 Å². The topological polar surface area (TPSA) is 68.5 Å². The molecule has 1 aliphatic carbocycles. The van der Waals surface area contributed by atoms with Crippen LogP contribution in [0.15, 0.2) is 34.9 Å². The molecule has 1 aliphatic heterocycles. The van der Waals surface area contributed by atoms with Gasteiger partial charge in [0.2, 0.25) is 11.8 Å². The molecule has 6 heteroatoms. The summed E-state index contributed by atoms with van der Waals surface area (Å²) < 4.78 is 11.3. The zero-order valence-corrected chi connectivity index (χ0v) is 17.1. The van der Waals surface area contributed by atoms with Gasteiger partial charge in [0.05, 0.1) is 6.61 Å². The van der Waals surface area contributed by atoms with Gasteiger partial charge in [-0.1, -0.05) is 48.3 Å². The fraction of sp³-hybridized carbons (Fsp3) is 0.609. The van der Waals surface area contributed by atoms with E-state index in [-0.39, 0.29) is 11.9 Å². The highest BCUT2D eigenvalue weighted by molar-refractivity contribution is 5.77. The first-order chi connectivity index (χ1) is 14.3. The summed E-state index contributed by atoms with van der Waals surface area (Å²) in [5, 5.41) is 4.11. The lowest BCUT2D eigenvalue weighted by atomic mass is 10.1. The van der Waals surface area contributed by atoms with Crippen molar-refractivity contribution in [2.75, 3.05) is 19.8 Å². The van der Waals surface area contributed by atoms with Crippen molar-refractivity contribution >= 4 is 5.91 Å². The van der Waals surface area contributed by atoms with E-state index < -0.39 is 0 Å². The highest BCUT2D eigenvalue weighted by Crippen LogP contribution is 2.31. The lowest BCUT2D eigenvalue weighted by Crippen LogP contribution is -2.30. The Kier molecular flexibility index (Phi) is 6.93. The Bertz CT molecular complexity index is 771. The molecular weight excluding hydrogens is 366 g/mol. The van der Waals surface area contributed by atoms with Crippen molar-refractivity contribution in [3.05, 3.63) is 47.6 Å². The molecule has 0 N–H and O–H groups in total. The zero-order valence-electron chi connectivity index (χ0n) is 17.1. The molecule has 1 amide bonds. The molecule has 2 aliphatic rings. The van der Waals surface area contributed by atoms with Gasteiger partial charge in [-0.15, -0.1) is 0 Å². The van der Waals surface area contributed by atoms with Gasteiger partial charge in [0, 0.05) is 26.0 Å². The van der Waals surface area contributed by atoms with Crippen LogP contribution in [0.3, 0.4) is 0 Å². The van der Waals surface area contributed by atoms with Crippen molar-refractivity contribution in [3.63, 3.8) is 0 Å². The summed E-state index contributed by atoms with van der Waals surface area (Å²) >= 11 is 0. The van der Waals surface area contributed by atoms with Crippen LogP contribution in [0.2, 0.25) is 0 Å². The monoisotopic (exact) mass is 397 g/mol. The Hall–Kier alpha value is -2.21. The van der Waals surface area contributed by atoms with Crippen molar-refractivity contribution in [3.8, 4) is 0 Å². The highest BCUT2D eigenvalue weighted by Gasteiger charge is 2.33. The van der Waals surface area contributed by atoms with E-state index in [9.17, 15) is 4.79 Å². The second-order valence-electron chi connectivity index (χ2n) is 8.25. The number of likely N-dealkylation sites (tertiary alicyclic amines) is 1. The van der Waals surface area contributed by atoms with Crippen LogP contribution < -0.4 is 0 Å². The first-order valence-corrected chi connectivity index (χ1v) is 11.0. The maximum Gasteiger partial charge on any atom is 0.249 e. The standard InChI is InChI=1S/C23H31N3O3/c27-22(13-12-18-7-2-1-3-8-18)26-15-6-11-20(26)23-24-21(25-29-23)14-16-28-17-19-9-4-5-10-19/h1-3,7-8,19-20H,4-6,9-17H2. The molecule has 2 aromatic rings. The van der Waals surface area contributed by atoms with Crippen LogP contribution in [0.25, 0.3) is 0 Å². The number of carbonyl (C=O) groups is 1. The molecule has 1 aromatic heterocycles. The van der Waals surface area contributed by atoms with Gasteiger partial charge in [-0.2, -0.15) is 4.98 Å². The molecule has 0 spiro atoms. The Labute approximate surface area is 172 Å². The molecular formula is C23H31N3O3. The summed E-state index contributed by atoms with van der Waals surface area (Å²) in [6, 6.07) is 10.1. The number of aryl methyl sites for hydroxylation is 1. The summed E-state index contributed by atoms with van der Waals surface area (Å²) in [6.45, 7) is 2.23. The van der Waals surface area contributed by atoms with E-state index in [2.05, 4.69) is 22.3 Å². The van der Waals surface area contributed by atoms with E-state index in [1.54, 1.807) is 0 Å². The van der Waals surface area contributed by atoms with E-state index >= 15 is 0 Å². The van der Waals surface area contributed by atoms with Gasteiger partial charge >= 0.3 is 0 Å². The fourth-order valence-corrected chi connectivity index (χ4v) is 4.46. The van der Waals surface area contributed by atoms with Gasteiger partial charge in [-0.25, -0.2) is 0 Å². The Morgan fingerprint density at radius 3 is 2.76 bits per heavy atom. The van der Waals surface area contributed by atoms with E-state index in [0.29, 0.717) is 31.2 Å². The summed E-state index contributed by atoms with van der Waals surface area (Å²) in [4.78, 5) is 19.2. The van der Waals surface area contributed by atoms with E-state index in [1.807, 2.05) is 23.1 Å². The average Bonchev–Trinajstić information content (AvgIpc) is 3.51. The van der Waals surface area contributed by atoms with Crippen molar-refractivity contribution in [2.24, 2.45) is 5.92 Å². The molecule has 0 radical (unpaired) electrons. The molecule has 1 atom stereocenters. The number of ether oxygens (including phenoxy) is 1. The molecule has 1 unspecified atom stereocenters. The molecule has 4 rings (SSSR count). The highest BCUT2D eigenvalue weighted by atomic mass is 16.5. The molecule has 0 bridgehead atoms. The van der Waals surface area contributed by atoms with Crippen molar-refractivity contribution < 1.29 is 14.1 Å². The average molecular weight is 398 g/mol. The zero-order chi connectivity index (χ0) is 19.9. The summed E-state index contributed by atoms with van der Waals surface area (Å²) in [7, 11) is 0. The van der Waals surface area contributed by atoms with Crippen LogP contribution in [0.1, 0.15) is 68.3 Å². The molecule has 6 nitrogen and oxygen atoms in total. The first kappa shape index (κ1) is 20.1. The van der Waals surface area contributed by atoms with E-state index in [0.717, 1.165) is 38.3 Å². The Morgan fingerprint density at radius 2 is 1.93 bits per heavy atom. The van der Waals surface area contributed by atoms with E-state index in [1.165, 1.54) is 31.2 Å². The largest absolute Gasteiger partial charge is 0.381 e. The number of benzene rings is 1. The Morgan fingerprint density at radius 1 is 1.10 bits per heavy atom. The molecule has 156 valence electrons. The molecule has 1 saturated carbocycles. The predicted molar refractivity (Wildman–Crippen MR) is 109 cm³/mol. The summed E-state index contributed by atoms with van der Waals surface area (Å²) in [6.07, 6.45) is 9.05. The van der Waals surface area contributed by atoms with Crippen LogP contribution in [-0.4, -0.2) is 40.7 Å². The van der Waals surface area contributed by atoms with Gasteiger partial charge in [0.1, 0.15) is 6.04 Å². The minimum absolute atomic E-state index is 0.0843. The van der Waals surface area contributed by atoms with Crippen molar-refractivity contribution in [1.29, 1.82) is 0 Å².